The number of nitrogens with zero attached hydrogens (tertiary/aromatic N) is 5. The molecule has 0 aromatic carbocycles. The van der Waals surface area contributed by atoms with E-state index in [-0.39, 0.29) is 5.92 Å². The average Bonchev–Trinajstić information content (AvgIpc) is 3.18. The first kappa shape index (κ1) is 12.5. The second kappa shape index (κ2) is 4.63. The van der Waals surface area contributed by atoms with Crippen molar-refractivity contribution in [2.75, 3.05) is 13.2 Å². The van der Waals surface area contributed by atoms with Crippen LogP contribution in [-0.2, 0) is 4.74 Å². The van der Waals surface area contributed by atoms with Gasteiger partial charge < -0.3 is 9.26 Å². The van der Waals surface area contributed by atoms with E-state index in [2.05, 4.69) is 20.2 Å². The van der Waals surface area contributed by atoms with Crippen LogP contribution in [0.5, 0.6) is 0 Å². The minimum absolute atomic E-state index is 0.224. The van der Waals surface area contributed by atoms with Crippen LogP contribution in [0.2, 0.25) is 0 Å². The minimum Gasteiger partial charge on any atom is -0.381 e. The Kier molecular flexibility index (Phi) is 2.75. The molecule has 0 spiro atoms. The van der Waals surface area contributed by atoms with Crippen molar-refractivity contribution in [3.05, 3.63) is 29.3 Å². The van der Waals surface area contributed by atoms with Gasteiger partial charge in [-0.1, -0.05) is 5.16 Å². The molecule has 1 aliphatic heterocycles. The normalized spacial score (nSPS) is 18.7. The van der Waals surface area contributed by atoms with Crippen molar-refractivity contribution in [2.24, 2.45) is 0 Å². The molecule has 4 rings (SSSR count). The van der Waals surface area contributed by atoms with E-state index in [1.165, 1.54) is 0 Å². The summed E-state index contributed by atoms with van der Waals surface area (Å²) in [7, 11) is 0. The highest BCUT2D eigenvalue weighted by Crippen LogP contribution is 2.25. The second-order valence-corrected chi connectivity index (χ2v) is 5.36. The Labute approximate surface area is 120 Å². The molecule has 108 valence electrons. The molecule has 1 fully saturated rings. The van der Waals surface area contributed by atoms with Crippen molar-refractivity contribution < 1.29 is 9.26 Å². The summed E-state index contributed by atoms with van der Waals surface area (Å²) in [6.45, 7) is 5.37. The van der Waals surface area contributed by atoms with Gasteiger partial charge in [0.2, 0.25) is 0 Å². The van der Waals surface area contributed by atoms with Crippen molar-refractivity contribution in [1.82, 2.24) is 24.7 Å². The predicted molar refractivity (Wildman–Crippen MR) is 73.9 cm³/mol. The van der Waals surface area contributed by atoms with Gasteiger partial charge in [-0.2, -0.15) is 10.1 Å². The molecule has 1 atom stereocenters. The van der Waals surface area contributed by atoms with E-state index in [0.717, 1.165) is 30.1 Å². The third kappa shape index (κ3) is 2.09. The van der Waals surface area contributed by atoms with E-state index in [9.17, 15) is 0 Å². The second-order valence-electron chi connectivity index (χ2n) is 5.36. The number of aromatic nitrogens is 5. The Morgan fingerprint density at radius 3 is 2.95 bits per heavy atom. The van der Waals surface area contributed by atoms with E-state index in [1.54, 1.807) is 4.52 Å². The van der Waals surface area contributed by atoms with Crippen LogP contribution in [0.3, 0.4) is 0 Å². The summed E-state index contributed by atoms with van der Waals surface area (Å²) in [4.78, 5) is 8.91. The Bertz CT molecular complexity index is 801. The van der Waals surface area contributed by atoms with Crippen LogP contribution in [0.4, 0.5) is 0 Å². The highest BCUT2D eigenvalue weighted by molar-refractivity contribution is 5.56. The fraction of sp³-hybridized carbons (Fsp3) is 0.429. The van der Waals surface area contributed by atoms with E-state index in [4.69, 9.17) is 9.26 Å². The molecule has 0 amide bonds. The summed E-state index contributed by atoms with van der Waals surface area (Å²) in [5.41, 5.74) is 3.41. The largest absolute Gasteiger partial charge is 0.381 e. The summed E-state index contributed by atoms with van der Waals surface area (Å²) in [6, 6.07) is 3.85. The lowest BCUT2D eigenvalue weighted by atomic mass is 10.1. The van der Waals surface area contributed by atoms with Gasteiger partial charge in [0.15, 0.2) is 17.2 Å². The molecule has 0 N–H and O–H groups in total. The SMILES string of the molecule is Cc1cc(C)n2nc(-c3nc(C4CCOC4)no3)cc2n1. The van der Waals surface area contributed by atoms with Crippen LogP contribution < -0.4 is 0 Å². The quantitative estimate of drug-likeness (QED) is 0.715. The maximum Gasteiger partial charge on any atom is 0.278 e. The summed E-state index contributed by atoms with van der Waals surface area (Å²) in [6.07, 6.45) is 0.935. The Morgan fingerprint density at radius 1 is 1.24 bits per heavy atom. The number of aryl methyl sites for hydroxylation is 2. The molecular weight excluding hydrogens is 270 g/mol. The molecule has 0 bridgehead atoms. The molecule has 3 aromatic rings. The summed E-state index contributed by atoms with van der Waals surface area (Å²) in [5.74, 6) is 1.35. The zero-order valence-electron chi connectivity index (χ0n) is 11.9. The van der Waals surface area contributed by atoms with Gasteiger partial charge in [0.25, 0.3) is 5.89 Å². The van der Waals surface area contributed by atoms with E-state index in [1.807, 2.05) is 26.0 Å². The van der Waals surface area contributed by atoms with Crippen LogP contribution in [0, 0.1) is 13.8 Å². The first-order valence-corrected chi connectivity index (χ1v) is 6.96. The molecule has 7 nitrogen and oxygen atoms in total. The molecular formula is C14H15N5O2. The minimum atomic E-state index is 0.224. The fourth-order valence-electron chi connectivity index (χ4n) is 2.63. The lowest BCUT2D eigenvalue weighted by Crippen LogP contribution is -1.99. The summed E-state index contributed by atoms with van der Waals surface area (Å²) >= 11 is 0. The monoisotopic (exact) mass is 285 g/mol. The smallest absolute Gasteiger partial charge is 0.278 e. The van der Waals surface area contributed by atoms with Gasteiger partial charge in [-0.25, -0.2) is 9.50 Å². The summed E-state index contributed by atoms with van der Waals surface area (Å²) in [5, 5.41) is 8.54. The molecule has 3 aromatic heterocycles. The molecule has 1 aliphatic rings. The number of ether oxygens (including phenoxy) is 1. The van der Waals surface area contributed by atoms with Crippen LogP contribution in [0.15, 0.2) is 16.7 Å². The number of fused-ring (bicyclic) bond motifs is 1. The summed E-state index contributed by atoms with van der Waals surface area (Å²) < 4.78 is 12.5. The zero-order valence-corrected chi connectivity index (χ0v) is 11.9. The van der Waals surface area contributed by atoms with Crippen molar-refractivity contribution in [3.8, 4) is 11.6 Å². The maximum absolute atomic E-state index is 5.35. The third-order valence-corrected chi connectivity index (χ3v) is 3.69. The molecule has 7 heteroatoms. The Hall–Kier alpha value is -2.28. The van der Waals surface area contributed by atoms with Gasteiger partial charge >= 0.3 is 0 Å². The number of hydrogen-bond donors (Lipinski definition) is 0. The van der Waals surface area contributed by atoms with Crippen LogP contribution in [0.25, 0.3) is 17.2 Å². The topological polar surface area (TPSA) is 78.3 Å². The van der Waals surface area contributed by atoms with Crippen molar-refractivity contribution in [2.45, 2.75) is 26.2 Å². The van der Waals surface area contributed by atoms with Crippen LogP contribution in [-0.4, -0.2) is 38.0 Å². The highest BCUT2D eigenvalue weighted by atomic mass is 16.5. The lowest BCUT2D eigenvalue weighted by molar-refractivity contribution is 0.192. The molecule has 1 unspecified atom stereocenters. The molecule has 0 saturated carbocycles. The van der Waals surface area contributed by atoms with E-state index in [0.29, 0.717) is 24.0 Å². The number of rotatable bonds is 2. The Balaban J connectivity index is 1.74. The van der Waals surface area contributed by atoms with Crippen LogP contribution >= 0.6 is 0 Å². The van der Waals surface area contributed by atoms with Crippen LogP contribution in [0.1, 0.15) is 29.6 Å². The Morgan fingerprint density at radius 2 is 2.14 bits per heavy atom. The van der Waals surface area contributed by atoms with Crippen molar-refractivity contribution >= 4 is 5.65 Å². The van der Waals surface area contributed by atoms with Gasteiger partial charge in [-0.15, -0.1) is 0 Å². The third-order valence-electron chi connectivity index (χ3n) is 3.69. The molecule has 0 radical (unpaired) electrons. The van der Waals surface area contributed by atoms with E-state index < -0.39 is 0 Å². The fourth-order valence-corrected chi connectivity index (χ4v) is 2.63. The van der Waals surface area contributed by atoms with E-state index >= 15 is 0 Å². The zero-order chi connectivity index (χ0) is 14.4. The van der Waals surface area contributed by atoms with Gasteiger partial charge in [0.05, 0.1) is 6.61 Å². The van der Waals surface area contributed by atoms with Crippen molar-refractivity contribution in [3.63, 3.8) is 0 Å². The highest BCUT2D eigenvalue weighted by Gasteiger charge is 2.24. The molecule has 4 heterocycles. The maximum atomic E-state index is 5.35. The number of hydrogen-bond acceptors (Lipinski definition) is 6. The van der Waals surface area contributed by atoms with Gasteiger partial charge in [-0.05, 0) is 26.3 Å². The van der Waals surface area contributed by atoms with Gasteiger partial charge in [-0.3, -0.25) is 0 Å². The lowest BCUT2D eigenvalue weighted by Gasteiger charge is -1.98. The van der Waals surface area contributed by atoms with Gasteiger partial charge in [0.1, 0.15) is 0 Å². The molecule has 0 aliphatic carbocycles. The standard InChI is InChI=1S/C14H15N5O2/c1-8-5-9(2)19-12(15-8)6-11(17-19)14-16-13(18-21-14)10-3-4-20-7-10/h5-6,10H,3-4,7H2,1-2H3. The van der Waals surface area contributed by atoms with Crippen molar-refractivity contribution in [1.29, 1.82) is 0 Å². The van der Waals surface area contributed by atoms with Gasteiger partial charge in [0, 0.05) is 30.0 Å². The average molecular weight is 285 g/mol. The first-order chi connectivity index (χ1) is 10.2. The predicted octanol–water partition coefficient (Wildman–Crippen LogP) is 1.90. The molecule has 1 saturated heterocycles. The molecule has 21 heavy (non-hydrogen) atoms. The first-order valence-electron chi connectivity index (χ1n) is 6.96.